The van der Waals surface area contributed by atoms with Crippen LogP contribution in [-0.2, 0) is 0 Å². The molecule has 2 aliphatic rings. The van der Waals surface area contributed by atoms with Gasteiger partial charge in [-0.25, -0.2) is 4.99 Å². The normalized spacial score (nSPS) is 13.6. The van der Waals surface area contributed by atoms with Crippen molar-refractivity contribution in [2.24, 2.45) is 15.2 Å². The molecule has 5 rings (SSSR count). The minimum atomic E-state index is 0.938. The number of fused-ring (bicyclic) bond motifs is 7. The molecule has 0 atom stereocenters. The molecule has 0 aromatic heterocycles. The van der Waals surface area contributed by atoms with Crippen molar-refractivity contribution < 1.29 is 0 Å². The zero-order valence-corrected chi connectivity index (χ0v) is 10.5. The van der Waals surface area contributed by atoms with Crippen LogP contribution in [0.15, 0.2) is 63.8 Å². The maximum atomic E-state index is 4.79. The molecule has 20 heavy (non-hydrogen) atoms. The number of benzene rings is 3. The maximum absolute atomic E-state index is 4.79. The van der Waals surface area contributed by atoms with Crippen LogP contribution in [0.2, 0.25) is 0 Å². The summed E-state index contributed by atoms with van der Waals surface area (Å²) in [6, 6.07) is 16.7. The van der Waals surface area contributed by atoms with Crippen molar-refractivity contribution in [2.45, 2.75) is 0 Å². The zero-order valence-electron chi connectivity index (χ0n) is 10.5. The summed E-state index contributed by atoms with van der Waals surface area (Å²) in [6.07, 6.45) is 1.83. The van der Waals surface area contributed by atoms with Crippen LogP contribution in [0.5, 0.6) is 0 Å². The standard InChI is InChI=1S/C17H9N3/c1-2-4-15-11(3-1)13-6-5-10-12(17(13)19-15)7-8-16-14(10)9-18-20-16/h1-9H. The Morgan fingerprint density at radius 3 is 2.60 bits per heavy atom. The first-order chi connectivity index (χ1) is 9.92. The fourth-order valence-electron chi connectivity index (χ4n) is 3.03. The van der Waals surface area contributed by atoms with E-state index < -0.39 is 0 Å². The second-order valence-corrected chi connectivity index (χ2v) is 5.03. The van der Waals surface area contributed by atoms with Crippen molar-refractivity contribution in [3.63, 3.8) is 0 Å². The summed E-state index contributed by atoms with van der Waals surface area (Å²) >= 11 is 0. The Balaban J connectivity index is 1.99. The molecule has 0 fully saturated rings. The smallest absolute Gasteiger partial charge is 0.0951 e. The minimum absolute atomic E-state index is 0.938. The molecule has 3 aromatic rings. The lowest BCUT2D eigenvalue weighted by Gasteiger charge is -2.02. The summed E-state index contributed by atoms with van der Waals surface area (Å²) in [4.78, 5) is 4.79. The van der Waals surface area contributed by atoms with Gasteiger partial charge in [-0.1, -0.05) is 30.3 Å². The summed E-state index contributed by atoms with van der Waals surface area (Å²) in [5, 5.41) is 12.6. The van der Waals surface area contributed by atoms with Crippen molar-refractivity contribution in [2.75, 3.05) is 0 Å². The van der Waals surface area contributed by atoms with E-state index in [9.17, 15) is 0 Å². The topological polar surface area (TPSA) is 37.1 Å². The van der Waals surface area contributed by atoms with E-state index in [1.165, 1.54) is 21.9 Å². The quantitative estimate of drug-likeness (QED) is 0.460. The largest absolute Gasteiger partial charge is 0.247 e. The van der Waals surface area contributed by atoms with E-state index in [0.29, 0.717) is 0 Å². The van der Waals surface area contributed by atoms with E-state index in [2.05, 4.69) is 46.6 Å². The van der Waals surface area contributed by atoms with Crippen LogP contribution in [0.1, 0.15) is 0 Å². The second-order valence-electron chi connectivity index (χ2n) is 5.03. The molecule has 92 valence electrons. The highest BCUT2D eigenvalue weighted by molar-refractivity contribution is 5.93. The van der Waals surface area contributed by atoms with Crippen LogP contribution >= 0.6 is 0 Å². The van der Waals surface area contributed by atoms with Crippen LogP contribution in [-0.4, -0.2) is 0 Å². The molecule has 0 saturated carbocycles. The first-order valence-corrected chi connectivity index (χ1v) is 6.57. The number of hydrogen-bond acceptors (Lipinski definition) is 3. The SMILES string of the molecule is C1=c2c(ccc3c4c(ccc23)-c2ccccc2N=4)N=N1. The first-order valence-electron chi connectivity index (χ1n) is 6.57. The van der Waals surface area contributed by atoms with Crippen molar-refractivity contribution in [1.82, 2.24) is 0 Å². The van der Waals surface area contributed by atoms with Crippen molar-refractivity contribution >= 4 is 28.3 Å². The van der Waals surface area contributed by atoms with Gasteiger partial charge in [0.25, 0.3) is 0 Å². The predicted octanol–water partition coefficient (Wildman–Crippen LogP) is 3.61. The van der Waals surface area contributed by atoms with Crippen LogP contribution in [0.3, 0.4) is 0 Å². The van der Waals surface area contributed by atoms with E-state index in [1.54, 1.807) is 0 Å². The molecule has 0 saturated heterocycles. The van der Waals surface area contributed by atoms with E-state index in [-0.39, 0.29) is 0 Å². The lowest BCUT2D eigenvalue weighted by Crippen LogP contribution is -2.09. The average Bonchev–Trinajstić information content (AvgIpc) is 3.11. The van der Waals surface area contributed by atoms with E-state index in [4.69, 9.17) is 4.99 Å². The summed E-state index contributed by atoms with van der Waals surface area (Å²) in [5.41, 5.74) is 4.41. The first kappa shape index (κ1) is 10.0. The van der Waals surface area contributed by atoms with Gasteiger partial charge in [-0.05, 0) is 23.6 Å². The highest BCUT2D eigenvalue weighted by atomic mass is 15.1. The van der Waals surface area contributed by atoms with Crippen molar-refractivity contribution in [1.29, 1.82) is 0 Å². The number of rotatable bonds is 0. The molecule has 0 spiro atoms. The molecular formula is C17H9N3. The fraction of sp³-hybridized carbons (Fsp3) is 0. The molecule has 0 amide bonds. The van der Waals surface area contributed by atoms with E-state index in [0.717, 1.165) is 22.0 Å². The Hall–Kier alpha value is -2.81. The number of para-hydroxylation sites is 1. The number of nitrogens with zero attached hydrogens (tertiary/aromatic N) is 3. The van der Waals surface area contributed by atoms with Gasteiger partial charge in [0, 0.05) is 21.7 Å². The van der Waals surface area contributed by atoms with Gasteiger partial charge in [-0.2, -0.15) is 10.2 Å². The lowest BCUT2D eigenvalue weighted by atomic mass is 10.00. The molecule has 2 heterocycles. The lowest BCUT2D eigenvalue weighted by molar-refractivity contribution is 1.33. The third-order valence-corrected chi connectivity index (χ3v) is 3.97. The highest BCUT2D eigenvalue weighted by Gasteiger charge is 2.16. The highest BCUT2D eigenvalue weighted by Crippen LogP contribution is 2.33. The van der Waals surface area contributed by atoms with E-state index in [1.807, 2.05) is 18.3 Å². The Kier molecular flexibility index (Phi) is 1.70. The minimum Gasteiger partial charge on any atom is -0.247 e. The van der Waals surface area contributed by atoms with Gasteiger partial charge < -0.3 is 0 Å². The summed E-state index contributed by atoms with van der Waals surface area (Å²) in [5.74, 6) is 0. The molecule has 3 heteroatoms. The fourth-order valence-corrected chi connectivity index (χ4v) is 3.03. The Bertz CT molecular complexity index is 1050. The average molecular weight is 255 g/mol. The second kappa shape index (κ2) is 3.39. The van der Waals surface area contributed by atoms with Gasteiger partial charge >= 0.3 is 0 Å². The Labute approximate surface area is 114 Å². The molecule has 0 radical (unpaired) electrons. The predicted molar refractivity (Wildman–Crippen MR) is 78.8 cm³/mol. The number of azo groups is 1. The molecule has 0 bridgehead atoms. The summed E-state index contributed by atoms with van der Waals surface area (Å²) in [7, 11) is 0. The van der Waals surface area contributed by atoms with Gasteiger partial charge in [0.1, 0.15) is 0 Å². The van der Waals surface area contributed by atoms with Gasteiger partial charge in [-0.15, -0.1) is 0 Å². The van der Waals surface area contributed by atoms with E-state index >= 15 is 0 Å². The van der Waals surface area contributed by atoms with Crippen molar-refractivity contribution in [3.8, 4) is 11.1 Å². The Morgan fingerprint density at radius 2 is 1.60 bits per heavy atom. The summed E-state index contributed by atoms with van der Waals surface area (Å²) < 4.78 is 0. The molecule has 0 unspecified atom stereocenters. The van der Waals surface area contributed by atoms with Gasteiger partial charge in [0.05, 0.1) is 22.9 Å². The third kappa shape index (κ3) is 1.12. The molecule has 3 nitrogen and oxygen atoms in total. The van der Waals surface area contributed by atoms with Crippen LogP contribution in [0.4, 0.5) is 11.4 Å². The van der Waals surface area contributed by atoms with Crippen LogP contribution < -0.4 is 10.6 Å². The Morgan fingerprint density at radius 1 is 0.700 bits per heavy atom. The summed E-state index contributed by atoms with van der Waals surface area (Å²) in [6.45, 7) is 0. The van der Waals surface area contributed by atoms with Gasteiger partial charge in [0.2, 0.25) is 0 Å². The molecule has 0 aliphatic carbocycles. The van der Waals surface area contributed by atoms with Crippen LogP contribution in [0.25, 0.3) is 28.1 Å². The van der Waals surface area contributed by atoms with Gasteiger partial charge in [0.15, 0.2) is 0 Å². The molecule has 0 N–H and O–H groups in total. The third-order valence-electron chi connectivity index (χ3n) is 3.97. The monoisotopic (exact) mass is 255 g/mol. The van der Waals surface area contributed by atoms with Crippen molar-refractivity contribution in [3.05, 3.63) is 59.1 Å². The molecule has 2 aliphatic heterocycles. The maximum Gasteiger partial charge on any atom is 0.0951 e. The van der Waals surface area contributed by atoms with Crippen LogP contribution in [0, 0.1) is 0 Å². The van der Waals surface area contributed by atoms with Gasteiger partial charge in [-0.3, -0.25) is 0 Å². The molecular weight excluding hydrogens is 246 g/mol. The number of hydrogen-bond donors (Lipinski definition) is 0. The zero-order chi connectivity index (χ0) is 13.1. The molecule has 3 aromatic carbocycles.